The second kappa shape index (κ2) is 6.90. The minimum absolute atomic E-state index is 0.264. The average Bonchev–Trinajstić information content (AvgIpc) is 2.25. The first-order valence-electron chi connectivity index (χ1n) is 6.30. The standard InChI is InChI=1S/C15H23ClO/c1-11(2)9-14(16)7-6-13-10-12(3)5-8-15(13)17-4/h5,8,10-11,14H,6-7,9H2,1-4H3. The second-order valence-electron chi connectivity index (χ2n) is 5.08. The third-order valence-electron chi connectivity index (χ3n) is 2.89. The molecule has 0 aliphatic heterocycles. The van der Waals surface area contributed by atoms with Gasteiger partial charge in [0.15, 0.2) is 0 Å². The highest BCUT2D eigenvalue weighted by atomic mass is 35.5. The summed E-state index contributed by atoms with van der Waals surface area (Å²) in [7, 11) is 1.72. The first-order valence-corrected chi connectivity index (χ1v) is 6.74. The van der Waals surface area contributed by atoms with E-state index in [1.807, 2.05) is 6.07 Å². The highest BCUT2D eigenvalue weighted by molar-refractivity contribution is 6.20. The van der Waals surface area contributed by atoms with Gasteiger partial charge < -0.3 is 4.74 Å². The van der Waals surface area contributed by atoms with Crippen LogP contribution in [0.15, 0.2) is 18.2 Å². The van der Waals surface area contributed by atoms with E-state index in [0.29, 0.717) is 5.92 Å². The van der Waals surface area contributed by atoms with Gasteiger partial charge in [0.25, 0.3) is 0 Å². The first kappa shape index (κ1) is 14.4. The third kappa shape index (κ3) is 4.99. The summed E-state index contributed by atoms with van der Waals surface area (Å²) in [5, 5.41) is 0.264. The van der Waals surface area contributed by atoms with E-state index in [9.17, 15) is 0 Å². The Kier molecular flexibility index (Phi) is 5.84. The molecule has 1 unspecified atom stereocenters. The summed E-state index contributed by atoms with van der Waals surface area (Å²) in [5.41, 5.74) is 2.54. The predicted molar refractivity (Wildman–Crippen MR) is 75.1 cm³/mol. The molecule has 0 spiro atoms. The molecular formula is C15H23ClO. The van der Waals surface area contributed by atoms with Crippen molar-refractivity contribution >= 4 is 11.6 Å². The van der Waals surface area contributed by atoms with Crippen LogP contribution in [0, 0.1) is 12.8 Å². The van der Waals surface area contributed by atoms with Crippen LogP contribution in [0.3, 0.4) is 0 Å². The Morgan fingerprint density at radius 1 is 1.29 bits per heavy atom. The third-order valence-corrected chi connectivity index (χ3v) is 3.29. The van der Waals surface area contributed by atoms with Crippen LogP contribution in [0.25, 0.3) is 0 Å². The molecular weight excluding hydrogens is 232 g/mol. The zero-order valence-electron chi connectivity index (χ0n) is 11.3. The number of benzene rings is 1. The SMILES string of the molecule is COc1ccc(C)cc1CCC(Cl)CC(C)C. The van der Waals surface area contributed by atoms with E-state index < -0.39 is 0 Å². The van der Waals surface area contributed by atoms with E-state index in [1.165, 1.54) is 11.1 Å². The van der Waals surface area contributed by atoms with Gasteiger partial charge in [-0.2, -0.15) is 0 Å². The lowest BCUT2D eigenvalue weighted by Gasteiger charge is -2.14. The van der Waals surface area contributed by atoms with E-state index in [4.69, 9.17) is 16.3 Å². The number of hydrogen-bond acceptors (Lipinski definition) is 1. The maximum atomic E-state index is 6.32. The summed E-state index contributed by atoms with van der Waals surface area (Å²) in [6, 6.07) is 6.31. The van der Waals surface area contributed by atoms with Gasteiger partial charge in [0.05, 0.1) is 7.11 Å². The second-order valence-corrected chi connectivity index (χ2v) is 5.70. The molecule has 0 saturated carbocycles. The molecule has 96 valence electrons. The summed E-state index contributed by atoms with van der Waals surface area (Å²) in [6.45, 7) is 6.53. The molecule has 1 rings (SSSR count). The number of methoxy groups -OCH3 is 1. The van der Waals surface area contributed by atoms with Crippen molar-refractivity contribution in [1.29, 1.82) is 0 Å². The minimum Gasteiger partial charge on any atom is -0.496 e. The molecule has 0 aromatic heterocycles. The van der Waals surface area contributed by atoms with Gasteiger partial charge >= 0.3 is 0 Å². The molecule has 0 N–H and O–H groups in total. The maximum Gasteiger partial charge on any atom is 0.122 e. The normalized spacial score (nSPS) is 12.8. The highest BCUT2D eigenvalue weighted by Crippen LogP contribution is 2.24. The lowest BCUT2D eigenvalue weighted by molar-refractivity contribution is 0.408. The lowest BCUT2D eigenvalue weighted by Crippen LogP contribution is -2.05. The van der Waals surface area contributed by atoms with E-state index in [1.54, 1.807) is 7.11 Å². The quantitative estimate of drug-likeness (QED) is 0.675. The van der Waals surface area contributed by atoms with E-state index >= 15 is 0 Å². The smallest absolute Gasteiger partial charge is 0.122 e. The van der Waals surface area contributed by atoms with Crippen LogP contribution in [-0.2, 0) is 6.42 Å². The van der Waals surface area contributed by atoms with Crippen LogP contribution in [0.1, 0.15) is 37.8 Å². The van der Waals surface area contributed by atoms with Gasteiger partial charge in [-0.15, -0.1) is 11.6 Å². The van der Waals surface area contributed by atoms with Crippen LogP contribution in [0.2, 0.25) is 0 Å². The molecule has 2 heteroatoms. The predicted octanol–water partition coefficient (Wildman–Crippen LogP) is 4.59. The van der Waals surface area contributed by atoms with Gasteiger partial charge in [0.2, 0.25) is 0 Å². The monoisotopic (exact) mass is 254 g/mol. The molecule has 1 nitrogen and oxygen atoms in total. The van der Waals surface area contributed by atoms with Crippen molar-refractivity contribution in [2.45, 2.75) is 45.4 Å². The van der Waals surface area contributed by atoms with Gasteiger partial charge in [-0.1, -0.05) is 31.5 Å². The van der Waals surface area contributed by atoms with Crippen molar-refractivity contribution in [2.24, 2.45) is 5.92 Å². The van der Waals surface area contributed by atoms with Crippen LogP contribution < -0.4 is 4.74 Å². The molecule has 0 amide bonds. The molecule has 0 saturated heterocycles. The molecule has 1 aromatic carbocycles. The number of halogens is 1. The molecule has 0 fully saturated rings. The van der Waals surface area contributed by atoms with Gasteiger partial charge in [-0.25, -0.2) is 0 Å². The van der Waals surface area contributed by atoms with Gasteiger partial charge in [-0.3, -0.25) is 0 Å². The summed E-state index contributed by atoms with van der Waals surface area (Å²) in [4.78, 5) is 0. The highest BCUT2D eigenvalue weighted by Gasteiger charge is 2.10. The van der Waals surface area contributed by atoms with Crippen molar-refractivity contribution in [1.82, 2.24) is 0 Å². The maximum absolute atomic E-state index is 6.32. The number of aryl methyl sites for hydroxylation is 2. The van der Waals surface area contributed by atoms with Crippen molar-refractivity contribution in [3.05, 3.63) is 29.3 Å². The molecule has 17 heavy (non-hydrogen) atoms. The number of alkyl halides is 1. The summed E-state index contributed by atoms with van der Waals surface area (Å²) in [6.07, 6.45) is 3.08. The fraction of sp³-hybridized carbons (Fsp3) is 0.600. The summed E-state index contributed by atoms with van der Waals surface area (Å²) >= 11 is 6.32. The minimum atomic E-state index is 0.264. The van der Waals surface area contributed by atoms with Crippen LogP contribution >= 0.6 is 11.6 Å². The summed E-state index contributed by atoms with van der Waals surface area (Å²) < 4.78 is 5.37. The Morgan fingerprint density at radius 2 is 2.00 bits per heavy atom. The van der Waals surface area contributed by atoms with E-state index in [2.05, 4.69) is 32.9 Å². The number of rotatable bonds is 6. The van der Waals surface area contributed by atoms with Crippen LogP contribution in [0.5, 0.6) is 5.75 Å². The lowest BCUT2D eigenvalue weighted by atomic mass is 10.0. The molecule has 1 atom stereocenters. The zero-order valence-corrected chi connectivity index (χ0v) is 12.1. The molecule has 1 aromatic rings. The zero-order chi connectivity index (χ0) is 12.8. The number of hydrogen-bond donors (Lipinski definition) is 0. The van der Waals surface area contributed by atoms with Crippen molar-refractivity contribution < 1.29 is 4.74 Å². The number of ether oxygens (including phenoxy) is 1. The topological polar surface area (TPSA) is 9.23 Å². The molecule has 0 aliphatic rings. The van der Waals surface area contributed by atoms with E-state index in [-0.39, 0.29) is 5.38 Å². The Labute approximate surface area is 110 Å². The Balaban J connectivity index is 2.58. The molecule has 0 bridgehead atoms. The first-order chi connectivity index (χ1) is 8.02. The van der Waals surface area contributed by atoms with Crippen molar-refractivity contribution in [3.63, 3.8) is 0 Å². The Morgan fingerprint density at radius 3 is 2.59 bits per heavy atom. The molecule has 0 radical (unpaired) electrons. The van der Waals surface area contributed by atoms with Gasteiger partial charge in [0.1, 0.15) is 5.75 Å². The van der Waals surface area contributed by atoms with Crippen LogP contribution in [-0.4, -0.2) is 12.5 Å². The van der Waals surface area contributed by atoms with Gasteiger partial charge in [-0.05, 0) is 43.7 Å². The summed E-state index contributed by atoms with van der Waals surface area (Å²) in [5.74, 6) is 1.64. The largest absolute Gasteiger partial charge is 0.496 e. The van der Waals surface area contributed by atoms with Gasteiger partial charge in [0, 0.05) is 5.38 Å². The fourth-order valence-electron chi connectivity index (χ4n) is 2.04. The molecule has 0 aliphatic carbocycles. The van der Waals surface area contributed by atoms with E-state index in [0.717, 1.165) is 25.0 Å². The Hall–Kier alpha value is -0.690. The molecule has 0 heterocycles. The fourth-order valence-corrected chi connectivity index (χ4v) is 2.51. The Bertz CT molecular complexity index is 347. The van der Waals surface area contributed by atoms with Crippen molar-refractivity contribution in [3.8, 4) is 5.75 Å². The average molecular weight is 255 g/mol. The van der Waals surface area contributed by atoms with Crippen molar-refractivity contribution in [2.75, 3.05) is 7.11 Å². The van der Waals surface area contributed by atoms with Crippen LogP contribution in [0.4, 0.5) is 0 Å².